The van der Waals surface area contributed by atoms with Crippen molar-refractivity contribution in [2.24, 2.45) is 0 Å². The Kier molecular flexibility index (Phi) is 2.49. The van der Waals surface area contributed by atoms with Gasteiger partial charge in [-0.05, 0) is 36.2 Å². The van der Waals surface area contributed by atoms with Crippen molar-refractivity contribution in [1.82, 2.24) is 4.90 Å². The van der Waals surface area contributed by atoms with Crippen molar-refractivity contribution >= 4 is 0 Å². The Balaban J connectivity index is 2.13. The van der Waals surface area contributed by atoms with Crippen molar-refractivity contribution in [2.45, 2.75) is 19.5 Å². The maximum atomic E-state index is 2.42. The SMILES string of the molecule is Cc1ccccc1C1c2ccccc2CN1C. The van der Waals surface area contributed by atoms with Crippen molar-refractivity contribution in [2.75, 3.05) is 7.05 Å². The molecule has 0 amide bonds. The highest BCUT2D eigenvalue weighted by Gasteiger charge is 2.28. The number of hydrogen-bond acceptors (Lipinski definition) is 1. The maximum absolute atomic E-state index is 2.42. The van der Waals surface area contributed by atoms with Gasteiger partial charge in [0.1, 0.15) is 0 Å². The van der Waals surface area contributed by atoms with Crippen LogP contribution in [-0.2, 0) is 6.54 Å². The first-order valence-corrected chi connectivity index (χ1v) is 6.11. The van der Waals surface area contributed by atoms with E-state index in [4.69, 9.17) is 0 Å². The van der Waals surface area contributed by atoms with Gasteiger partial charge in [-0.1, -0.05) is 48.5 Å². The molecule has 1 aliphatic heterocycles. The predicted octanol–water partition coefficient (Wildman–Crippen LogP) is 3.53. The number of hydrogen-bond donors (Lipinski definition) is 0. The van der Waals surface area contributed by atoms with E-state index in [1.807, 2.05) is 0 Å². The Labute approximate surface area is 103 Å². The molecule has 2 aromatic carbocycles. The molecule has 0 radical (unpaired) electrons. The first-order valence-electron chi connectivity index (χ1n) is 6.11. The average Bonchev–Trinajstić information content (AvgIpc) is 2.66. The smallest absolute Gasteiger partial charge is 0.0607 e. The highest BCUT2D eigenvalue weighted by atomic mass is 15.1. The first kappa shape index (κ1) is 10.5. The van der Waals surface area contributed by atoms with Crippen LogP contribution >= 0.6 is 0 Å². The number of fused-ring (bicyclic) bond motifs is 1. The standard InChI is InChI=1S/C16H17N/c1-12-7-3-5-9-14(12)16-15-10-6-4-8-13(15)11-17(16)2/h3-10,16H,11H2,1-2H3. The van der Waals surface area contributed by atoms with E-state index in [0.29, 0.717) is 6.04 Å². The molecule has 86 valence electrons. The second-order valence-electron chi connectivity index (χ2n) is 4.87. The minimum Gasteiger partial charge on any atom is -0.291 e. The minimum atomic E-state index is 0.424. The molecule has 1 heteroatoms. The van der Waals surface area contributed by atoms with Gasteiger partial charge in [-0.2, -0.15) is 0 Å². The van der Waals surface area contributed by atoms with Gasteiger partial charge in [-0.15, -0.1) is 0 Å². The summed E-state index contributed by atoms with van der Waals surface area (Å²) in [6, 6.07) is 17.9. The molecule has 0 saturated heterocycles. The van der Waals surface area contributed by atoms with Crippen LogP contribution in [0.3, 0.4) is 0 Å². The summed E-state index contributed by atoms with van der Waals surface area (Å²) in [5.74, 6) is 0. The molecule has 1 unspecified atom stereocenters. The number of rotatable bonds is 1. The van der Waals surface area contributed by atoms with Crippen molar-refractivity contribution in [3.63, 3.8) is 0 Å². The molecule has 1 aliphatic rings. The second-order valence-corrected chi connectivity index (χ2v) is 4.87. The van der Waals surface area contributed by atoms with Gasteiger partial charge in [0, 0.05) is 6.54 Å². The monoisotopic (exact) mass is 223 g/mol. The first-order chi connectivity index (χ1) is 8.27. The van der Waals surface area contributed by atoms with Crippen LogP contribution in [0.4, 0.5) is 0 Å². The summed E-state index contributed by atoms with van der Waals surface area (Å²) >= 11 is 0. The second kappa shape index (κ2) is 4.01. The normalized spacial score (nSPS) is 19.3. The summed E-state index contributed by atoms with van der Waals surface area (Å²) in [5, 5.41) is 0. The summed E-state index contributed by atoms with van der Waals surface area (Å²) in [6.45, 7) is 3.25. The zero-order chi connectivity index (χ0) is 11.8. The Morgan fingerprint density at radius 3 is 2.35 bits per heavy atom. The molecule has 17 heavy (non-hydrogen) atoms. The van der Waals surface area contributed by atoms with Crippen molar-refractivity contribution in [1.29, 1.82) is 0 Å². The van der Waals surface area contributed by atoms with Crippen LogP contribution in [0, 0.1) is 6.92 Å². The fraction of sp³-hybridized carbons (Fsp3) is 0.250. The lowest BCUT2D eigenvalue weighted by atomic mass is 9.95. The third-order valence-electron chi connectivity index (χ3n) is 3.69. The Morgan fingerprint density at radius 2 is 1.59 bits per heavy atom. The summed E-state index contributed by atoms with van der Waals surface area (Å²) < 4.78 is 0. The topological polar surface area (TPSA) is 3.24 Å². The molecule has 0 fully saturated rings. The van der Waals surface area contributed by atoms with Crippen LogP contribution in [0.5, 0.6) is 0 Å². The van der Waals surface area contributed by atoms with Gasteiger partial charge < -0.3 is 0 Å². The van der Waals surface area contributed by atoms with Crippen molar-refractivity contribution in [3.8, 4) is 0 Å². The molecule has 2 aromatic rings. The summed E-state index contributed by atoms with van der Waals surface area (Å²) in [6.07, 6.45) is 0. The lowest BCUT2D eigenvalue weighted by Gasteiger charge is -2.22. The number of benzene rings is 2. The molecule has 1 atom stereocenters. The predicted molar refractivity (Wildman–Crippen MR) is 70.9 cm³/mol. The quantitative estimate of drug-likeness (QED) is 0.715. The van der Waals surface area contributed by atoms with Gasteiger partial charge >= 0.3 is 0 Å². The van der Waals surface area contributed by atoms with Crippen molar-refractivity contribution < 1.29 is 0 Å². The van der Waals surface area contributed by atoms with Gasteiger partial charge in [-0.3, -0.25) is 4.90 Å². The Morgan fingerprint density at radius 1 is 0.941 bits per heavy atom. The molecular weight excluding hydrogens is 206 g/mol. The summed E-state index contributed by atoms with van der Waals surface area (Å²) in [7, 11) is 2.21. The van der Waals surface area contributed by atoms with E-state index in [1.165, 1.54) is 22.3 Å². The third kappa shape index (κ3) is 1.67. The molecule has 0 aromatic heterocycles. The number of aryl methyl sites for hydroxylation is 1. The van der Waals surface area contributed by atoms with Gasteiger partial charge in [0.25, 0.3) is 0 Å². The molecule has 3 rings (SSSR count). The van der Waals surface area contributed by atoms with Gasteiger partial charge in [0.05, 0.1) is 6.04 Å². The molecule has 0 spiro atoms. The molecule has 1 heterocycles. The van der Waals surface area contributed by atoms with Crippen LogP contribution < -0.4 is 0 Å². The van der Waals surface area contributed by atoms with E-state index < -0.39 is 0 Å². The molecule has 1 nitrogen and oxygen atoms in total. The van der Waals surface area contributed by atoms with E-state index in [2.05, 4.69) is 67.4 Å². The summed E-state index contributed by atoms with van der Waals surface area (Å²) in [4.78, 5) is 2.42. The Bertz CT molecular complexity index is 545. The molecule has 0 aliphatic carbocycles. The average molecular weight is 223 g/mol. The zero-order valence-electron chi connectivity index (χ0n) is 10.4. The highest BCUT2D eigenvalue weighted by molar-refractivity contribution is 5.43. The van der Waals surface area contributed by atoms with Crippen LogP contribution in [0.1, 0.15) is 28.3 Å². The third-order valence-corrected chi connectivity index (χ3v) is 3.69. The fourth-order valence-electron chi connectivity index (χ4n) is 2.84. The van der Waals surface area contributed by atoms with Crippen LogP contribution in [0.2, 0.25) is 0 Å². The van der Waals surface area contributed by atoms with E-state index in [9.17, 15) is 0 Å². The van der Waals surface area contributed by atoms with Crippen LogP contribution in [0.15, 0.2) is 48.5 Å². The van der Waals surface area contributed by atoms with E-state index in [-0.39, 0.29) is 0 Å². The van der Waals surface area contributed by atoms with Gasteiger partial charge in [-0.25, -0.2) is 0 Å². The molecule has 0 bridgehead atoms. The van der Waals surface area contributed by atoms with E-state index in [0.717, 1.165) is 6.54 Å². The number of nitrogens with zero attached hydrogens (tertiary/aromatic N) is 1. The van der Waals surface area contributed by atoms with E-state index in [1.54, 1.807) is 0 Å². The van der Waals surface area contributed by atoms with Gasteiger partial charge in [0.15, 0.2) is 0 Å². The van der Waals surface area contributed by atoms with Crippen LogP contribution in [-0.4, -0.2) is 11.9 Å². The lowest BCUT2D eigenvalue weighted by Crippen LogP contribution is -2.18. The lowest BCUT2D eigenvalue weighted by molar-refractivity contribution is 0.303. The summed E-state index contributed by atoms with van der Waals surface area (Å²) in [5.41, 5.74) is 5.73. The minimum absolute atomic E-state index is 0.424. The van der Waals surface area contributed by atoms with Crippen LogP contribution in [0.25, 0.3) is 0 Å². The fourth-order valence-corrected chi connectivity index (χ4v) is 2.84. The highest BCUT2D eigenvalue weighted by Crippen LogP contribution is 2.38. The largest absolute Gasteiger partial charge is 0.291 e. The zero-order valence-corrected chi connectivity index (χ0v) is 10.4. The molecule has 0 N–H and O–H groups in total. The maximum Gasteiger partial charge on any atom is 0.0607 e. The Hall–Kier alpha value is -1.60. The molecular formula is C16H17N. The van der Waals surface area contributed by atoms with Crippen molar-refractivity contribution in [3.05, 3.63) is 70.8 Å². The molecule has 0 saturated carbocycles. The van der Waals surface area contributed by atoms with Gasteiger partial charge in [0.2, 0.25) is 0 Å². The van der Waals surface area contributed by atoms with E-state index >= 15 is 0 Å².